The first-order chi connectivity index (χ1) is 12.9. The molecule has 10 heteroatoms. The van der Waals surface area contributed by atoms with Crippen LogP contribution in [0.25, 0.3) is 5.69 Å². The van der Waals surface area contributed by atoms with Crippen LogP contribution in [0.2, 0.25) is 5.02 Å². The third-order valence-electron chi connectivity index (χ3n) is 3.64. The largest absolute Gasteiger partial charge is 0.325 e. The van der Waals surface area contributed by atoms with Gasteiger partial charge in [-0.15, -0.1) is 10.2 Å². The Labute approximate surface area is 163 Å². The van der Waals surface area contributed by atoms with Crippen molar-refractivity contribution in [2.75, 3.05) is 11.1 Å². The molecule has 0 aliphatic heterocycles. The lowest BCUT2D eigenvalue weighted by atomic mass is 10.2. The zero-order valence-electron chi connectivity index (χ0n) is 14.1. The van der Waals surface area contributed by atoms with Gasteiger partial charge < -0.3 is 5.32 Å². The standard InChI is InChI=1S/C17H14ClN5O3S/c1-11-5-6-14(23(25)26)8-15(11)20-16(24)9-27-17-21-19-10-22(17)13-4-2-3-12(18)7-13/h2-8,10H,9H2,1H3,(H,20,24). The molecular formula is C17H14ClN5O3S. The van der Waals surface area contributed by atoms with Gasteiger partial charge in [0.1, 0.15) is 6.33 Å². The highest BCUT2D eigenvalue weighted by Gasteiger charge is 2.13. The summed E-state index contributed by atoms with van der Waals surface area (Å²) in [6.07, 6.45) is 1.54. The molecule has 1 heterocycles. The molecule has 0 bridgehead atoms. The Kier molecular flexibility index (Phi) is 5.72. The maximum atomic E-state index is 12.3. The minimum Gasteiger partial charge on any atom is -0.325 e. The van der Waals surface area contributed by atoms with E-state index in [1.54, 1.807) is 29.7 Å². The van der Waals surface area contributed by atoms with Gasteiger partial charge in [0.15, 0.2) is 5.16 Å². The highest BCUT2D eigenvalue weighted by atomic mass is 35.5. The number of amides is 1. The number of carbonyl (C=O) groups is 1. The van der Waals surface area contributed by atoms with Crippen LogP contribution in [-0.2, 0) is 4.79 Å². The first-order valence-corrected chi connectivity index (χ1v) is 9.14. The van der Waals surface area contributed by atoms with Crippen molar-refractivity contribution >= 4 is 40.6 Å². The fourth-order valence-corrected chi connectivity index (χ4v) is 3.21. The van der Waals surface area contributed by atoms with Crippen molar-refractivity contribution in [1.82, 2.24) is 14.8 Å². The number of anilines is 1. The molecule has 0 radical (unpaired) electrons. The molecule has 138 valence electrons. The van der Waals surface area contributed by atoms with Gasteiger partial charge in [-0.2, -0.15) is 0 Å². The van der Waals surface area contributed by atoms with Gasteiger partial charge in [0.2, 0.25) is 5.91 Å². The van der Waals surface area contributed by atoms with Crippen LogP contribution >= 0.6 is 23.4 Å². The van der Waals surface area contributed by atoms with Crippen LogP contribution in [0, 0.1) is 17.0 Å². The highest BCUT2D eigenvalue weighted by Crippen LogP contribution is 2.24. The average molecular weight is 404 g/mol. The fraction of sp³-hybridized carbons (Fsp3) is 0.118. The van der Waals surface area contributed by atoms with Crippen LogP contribution in [0.1, 0.15) is 5.56 Å². The maximum Gasteiger partial charge on any atom is 0.271 e. The van der Waals surface area contributed by atoms with E-state index in [9.17, 15) is 14.9 Å². The van der Waals surface area contributed by atoms with Crippen molar-refractivity contribution in [3.63, 3.8) is 0 Å². The number of halogens is 1. The lowest BCUT2D eigenvalue weighted by molar-refractivity contribution is -0.384. The van der Waals surface area contributed by atoms with Crippen LogP contribution in [0.15, 0.2) is 53.9 Å². The molecule has 0 unspecified atom stereocenters. The number of nitrogens with zero attached hydrogens (tertiary/aromatic N) is 4. The summed E-state index contributed by atoms with van der Waals surface area (Å²) >= 11 is 7.21. The summed E-state index contributed by atoms with van der Waals surface area (Å²) in [5.74, 6) is -0.231. The molecule has 8 nitrogen and oxygen atoms in total. The van der Waals surface area contributed by atoms with E-state index in [-0.39, 0.29) is 17.3 Å². The van der Waals surface area contributed by atoms with Gasteiger partial charge in [-0.1, -0.05) is 35.5 Å². The Balaban J connectivity index is 1.68. The Morgan fingerprint density at radius 1 is 1.33 bits per heavy atom. The lowest BCUT2D eigenvalue weighted by Gasteiger charge is -2.09. The van der Waals surface area contributed by atoms with Crippen molar-refractivity contribution in [3.05, 3.63) is 69.5 Å². The lowest BCUT2D eigenvalue weighted by Crippen LogP contribution is -2.15. The Morgan fingerprint density at radius 2 is 2.15 bits per heavy atom. The summed E-state index contributed by atoms with van der Waals surface area (Å²) in [6, 6.07) is 11.5. The van der Waals surface area contributed by atoms with Gasteiger partial charge in [-0.25, -0.2) is 0 Å². The second-order valence-corrected chi connectivity index (χ2v) is 6.94. The quantitative estimate of drug-likeness (QED) is 0.380. The summed E-state index contributed by atoms with van der Waals surface area (Å²) in [4.78, 5) is 22.6. The van der Waals surface area contributed by atoms with Gasteiger partial charge in [-0.3, -0.25) is 19.5 Å². The van der Waals surface area contributed by atoms with Gasteiger partial charge in [0, 0.05) is 17.2 Å². The third-order valence-corrected chi connectivity index (χ3v) is 4.82. The molecule has 1 aromatic heterocycles. The van der Waals surface area contributed by atoms with Gasteiger partial charge in [-0.05, 0) is 30.7 Å². The van der Waals surface area contributed by atoms with Crippen molar-refractivity contribution in [2.45, 2.75) is 12.1 Å². The minimum atomic E-state index is -0.503. The van der Waals surface area contributed by atoms with E-state index in [4.69, 9.17) is 11.6 Å². The Hall–Kier alpha value is -2.91. The molecule has 1 amide bonds. The zero-order valence-corrected chi connectivity index (χ0v) is 15.7. The molecule has 0 spiro atoms. The number of nitro groups is 1. The van der Waals surface area contributed by atoms with E-state index in [0.717, 1.165) is 11.3 Å². The van der Waals surface area contributed by atoms with E-state index in [1.165, 1.54) is 30.2 Å². The molecule has 2 aromatic carbocycles. The molecule has 3 aromatic rings. The molecule has 0 aliphatic carbocycles. The zero-order chi connectivity index (χ0) is 19.4. The molecule has 27 heavy (non-hydrogen) atoms. The molecule has 1 N–H and O–H groups in total. The second-order valence-electron chi connectivity index (χ2n) is 5.56. The molecule has 0 aliphatic rings. The SMILES string of the molecule is Cc1ccc([N+](=O)[O-])cc1NC(=O)CSc1nncn1-c1cccc(Cl)c1. The van der Waals surface area contributed by atoms with Crippen LogP contribution in [0.5, 0.6) is 0 Å². The predicted octanol–water partition coefficient (Wildman–Crippen LogP) is 3.87. The second kappa shape index (κ2) is 8.19. The number of benzene rings is 2. The number of nitrogens with one attached hydrogen (secondary N) is 1. The number of rotatable bonds is 6. The third kappa shape index (κ3) is 4.63. The number of nitro benzene ring substituents is 1. The number of carbonyl (C=O) groups excluding carboxylic acids is 1. The summed E-state index contributed by atoms with van der Waals surface area (Å²) in [7, 11) is 0. The van der Waals surface area contributed by atoms with Crippen LogP contribution in [-0.4, -0.2) is 31.3 Å². The highest BCUT2D eigenvalue weighted by molar-refractivity contribution is 7.99. The number of thioether (sulfide) groups is 1. The monoisotopic (exact) mass is 403 g/mol. The van der Waals surface area contributed by atoms with Crippen LogP contribution < -0.4 is 5.32 Å². The topological polar surface area (TPSA) is 103 Å². The minimum absolute atomic E-state index is 0.0708. The summed E-state index contributed by atoms with van der Waals surface area (Å²) in [5.41, 5.74) is 1.85. The summed E-state index contributed by atoms with van der Waals surface area (Å²) in [5, 5.41) is 22.6. The molecule has 0 atom stereocenters. The molecular weight excluding hydrogens is 390 g/mol. The van der Waals surface area contributed by atoms with E-state index in [2.05, 4.69) is 15.5 Å². The van der Waals surface area contributed by atoms with E-state index in [1.807, 2.05) is 12.1 Å². The van der Waals surface area contributed by atoms with Crippen molar-refractivity contribution in [1.29, 1.82) is 0 Å². The smallest absolute Gasteiger partial charge is 0.271 e. The Bertz CT molecular complexity index is 1010. The molecule has 0 fully saturated rings. The molecule has 0 saturated heterocycles. The van der Waals surface area contributed by atoms with E-state index in [0.29, 0.717) is 15.9 Å². The normalized spacial score (nSPS) is 10.6. The number of non-ortho nitro benzene ring substituents is 1. The number of aryl methyl sites for hydroxylation is 1. The first kappa shape index (κ1) is 18.9. The van der Waals surface area contributed by atoms with Crippen LogP contribution in [0.4, 0.5) is 11.4 Å². The van der Waals surface area contributed by atoms with Gasteiger partial charge in [0.05, 0.1) is 22.1 Å². The van der Waals surface area contributed by atoms with Gasteiger partial charge >= 0.3 is 0 Å². The predicted molar refractivity (Wildman–Crippen MR) is 104 cm³/mol. The number of hydrogen-bond acceptors (Lipinski definition) is 6. The summed E-state index contributed by atoms with van der Waals surface area (Å²) in [6.45, 7) is 1.77. The van der Waals surface area contributed by atoms with Gasteiger partial charge in [0.25, 0.3) is 5.69 Å². The maximum absolute atomic E-state index is 12.3. The molecule has 3 rings (SSSR count). The fourth-order valence-electron chi connectivity index (χ4n) is 2.30. The Morgan fingerprint density at radius 3 is 2.89 bits per heavy atom. The van der Waals surface area contributed by atoms with Crippen molar-refractivity contribution in [2.24, 2.45) is 0 Å². The first-order valence-electron chi connectivity index (χ1n) is 7.77. The van der Waals surface area contributed by atoms with E-state index >= 15 is 0 Å². The number of hydrogen-bond donors (Lipinski definition) is 1. The average Bonchev–Trinajstić information content (AvgIpc) is 3.10. The van der Waals surface area contributed by atoms with Crippen molar-refractivity contribution < 1.29 is 9.72 Å². The molecule has 0 saturated carbocycles. The number of aromatic nitrogens is 3. The van der Waals surface area contributed by atoms with Crippen molar-refractivity contribution in [3.8, 4) is 5.69 Å². The van der Waals surface area contributed by atoms with Crippen LogP contribution in [0.3, 0.4) is 0 Å². The van der Waals surface area contributed by atoms with E-state index < -0.39 is 4.92 Å². The summed E-state index contributed by atoms with van der Waals surface area (Å²) < 4.78 is 1.72.